The Labute approximate surface area is 103 Å². The fraction of sp³-hybridized carbons (Fsp3) is 1.00. The minimum absolute atomic E-state index is 0.248. The van der Waals surface area contributed by atoms with Crippen LogP contribution in [0.1, 0.15) is 59.8 Å². The van der Waals surface area contributed by atoms with E-state index in [4.69, 9.17) is 0 Å². The van der Waals surface area contributed by atoms with Crippen molar-refractivity contribution in [1.82, 2.24) is 10.2 Å². The van der Waals surface area contributed by atoms with Crippen LogP contribution in [0.4, 0.5) is 0 Å². The molecule has 1 N–H and O–H groups in total. The number of hydrogen-bond donors (Lipinski definition) is 1. The molecule has 0 aliphatic rings. The van der Waals surface area contributed by atoms with Crippen molar-refractivity contribution in [2.24, 2.45) is 0 Å². The number of unbranched alkanes of at least 4 members (excludes halogenated alkanes) is 3. The van der Waals surface area contributed by atoms with Gasteiger partial charge in [-0.3, -0.25) is 0 Å². The third-order valence-electron chi connectivity index (χ3n) is 3.58. The Morgan fingerprint density at radius 1 is 1.12 bits per heavy atom. The highest BCUT2D eigenvalue weighted by Gasteiger charge is 2.20. The molecule has 0 aromatic rings. The minimum atomic E-state index is 0.248. The van der Waals surface area contributed by atoms with Gasteiger partial charge in [0.05, 0.1) is 0 Å². The number of nitrogens with one attached hydrogen (secondary N) is 1. The van der Waals surface area contributed by atoms with Crippen LogP contribution in [0.5, 0.6) is 0 Å². The van der Waals surface area contributed by atoms with Gasteiger partial charge in [0.2, 0.25) is 0 Å². The lowest BCUT2D eigenvalue weighted by atomic mass is 10.0. The van der Waals surface area contributed by atoms with Gasteiger partial charge >= 0.3 is 0 Å². The Morgan fingerprint density at radius 3 is 2.25 bits per heavy atom. The van der Waals surface area contributed by atoms with Crippen molar-refractivity contribution in [3.8, 4) is 0 Å². The maximum Gasteiger partial charge on any atom is 0.0271 e. The lowest BCUT2D eigenvalue weighted by molar-refractivity contribution is 0.184. The van der Waals surface area contributed by atoms with Crippen molar-refractivity contribution < 1.29 is 0 Å². The van der Waals surface area contributed by atoms with Crippen LogP contribution in [-0.2, 0) is 0 Å². The van der Waals surface area contributed by atoms with E-state index in [1.807, 2.05) is 0 Å². The first-order valence-corrected chi connectivity index (χ1v) is 6.81. The quantitative estimate of drug-likeness (QED) is 0.609. The fourth-order valence-electron chi connectivity index (χ4n) is 1.56. The first-order valence-electron chi connectivity index (χ1n) is 6.81. The molecule has 0 saturated carbocycles. The molecule has 0 aliphatic carbocycles. The molecule has 0 aromatic carbocycles. The van der Waals surface area contributed by atoms with Gasteiger partial charge in [-0.15, -0.1) is 0 Å². The van der Waals surface area contributed by atoms with Crippen LogP contribution in [0.15, 0.2) is 0 Å². The molecule has 0 amide bonds. The van der Waals surface area contributed by atoms with Gasteiger partial charge in [-0.2, -0.15) is 0 Å². The number of nitrogens with zero attached hydrogens (tertiary/aromatic N) is 1. The molecule has 1 unspecified atom stereocenters. The zero-order valence-electron chi connectivity index (χ0n) is 12.3. The molecular weight excluding hydrogens is 196 g/mol. The predicted octanol–water partition coefficient (Wildman–Crippen LogP) is 3.28. The maximum atomic E-state index is 3.64. The van der Waals surface area contributed by atoms with Crippen LogP contribution < -0.4 is 5.32 Å². The molecule has 0 saturated heterocycles. The van der Waals surface area contributed by atoms with E-state index in [2.05, 4.69) is 52.0 Å². The highest BCUT2D eigenvalue weighted by atomic mass is 15.2. The molecule has 0 aromatic heterocycles. The summed E-state index contributed by atoms with van der Waals surface area (Å²) in [5.41, 5.74) is 0.248. The molecule has 0 rings (SSSR count). The van der Waals surface area contributed by atoms with Crippen molar-refractivity contribution in [3.05, 3.63) is 0 Å². The molecule has 0 fully saturated rings. The minimum Gasteiger partial charge on any atom is -0.312 e. The second-order valence-corrected chi connectivity index (χ2v) is 5.84. The van der Waals surface area contributed by atoms with Gasteiger partial charge in [0, 0.05) is 18.1 Å². The Balaban J connectivity index is 3.60. The monoisotopic (exact) mass is 228 g/mol. The van der Waals surface area contributed by atoms with Crippen molar-refractivity contribution in [3.63, 3.8) is 0 Å². The van der Waals surface area contributed by atoms with Crippen molar-refractivity contribution in [1.29, 1.82) is 0 Å². The molecule has 98 valence electrons. The van der Waals surface area contributed by atoms with E-state index in [-0.39, 0.29) is 5.54 Å². The summed E-state index contributed by atoms with van der Waals surface area (Å²) >= 11 is 0. The average Bonchev–Trinajstić information content (AvgIpc) is 2.21. The molecule has 0 aliphatic heterocycles. The molecule has 0 bridgehead atoms. The molecule has 0 heterocycles. The van der Waals surface area contributed by atoms with Crippen molar-refractivity contribution in [2.75, 3.05) is 20.6 Å². The summed E-state index contributed by atoms with van der Waals surface area (Å²) in [6, 6.07) is 0.649. The van der Waals surface area contributed by atoms with E-state index < -0.39 is 0 Å². The van der Waals surface area contributed by atoms with Crippen LogP contribution >= 0.6 is 0 Å². The normalized spacial score (nSPS) is 14.4. The summed E-state index contributed by atoms with van der Waals surface area (Å²) in [4.78, 5) is 2.28. The van der Waals surface area contributed by atoms with Crippen LogP contribution in [0.25, 0.3) is 0 Å². The number of likely N-dealkylation sites (N-methyl/N-ethyl adjacent to an activating group) is 1. The van der Waals surface area contributed by atoms with E-state index in [0.29, 0.717) is 6.04 Å². The topological polar surface area (TPSA) is 15.3 Å². The van der Waals surface area contributed by atoms with Crippen LogP contribution in [0.2, 0.25) is 0 Å². The van der Waals surface area contributed by atoms with Gasteiger partial charge in [0.25, 0.3) is 0 Å². The fourth-order valence-corrected chi connectivity index (χ4v) is 1.56. The van der Waals surface area contributed by atoms with E-state index in [9.17, 15) is 0 Å². The summed E-state index contributed by atoms with van der Waals surface area (Å²) < 4.78 is 0. The van der Waals surface area contributed by atoms with Crippen LogP contribution in [-0.4, -0.2) is 37.1 Å². The largest absolute Gasteiger partial charge is 0.312 e. The Hall–Kier alpha value is -0.0800. The smallest absolute Gasteiger partial charge is 0.0271 e. The molecular formula is C14H32N2. The van der Waals surface area contributed by atoms with Crippen molar-refractivity contribution >= 4 is 0 Å². The number of hydrogen-bond acceptors (Lipinski definition) is 2. The van der Waals surface area contributed by atoms with Gasteiger partial charge in [0.1, 0.15) is 0 Å². The standard InChI is InChI=1S/C14H32N2/c1-7-8-9-10-11-13(2)15-12-14(3,4)16(5)6/h13,15H,7-12H2,1-6H3. The Kier molecular flexibility index (Phi) is 8.04. The average molecular weight is 228 g/mol. The van der Waals surface area contributed by atoms with Crippen LogP contribution in [0, 0.1) is 0 Å². The third-order valence-corrected chi connectivity index (χ3v) is 3.58. The molecule has 0 spiro atoms. The van der Waals surface area contributed by atoms with Crippen LogP contribution in [0.3, 0.4) is 0 Å². The third kappa shape index (κ3) is 7.24. The molecule has 2 nitrogen and oxygen atoms in total. The first-order chi connectivity index (χ1) is 7.40. The lowest BCUT2D eigenvalue weighted by Gasteiger charge is -2.34. The van der Waals surface area contributed by atoms with Gasteiger partial charge in [-0.05, 0) is 41.3 Å². The molecule has 0 radical (unpaired) electrons. The lowest BCUT2D eigenvalue weighted by Crippen LogP contribution is -2.48. The zero-order chi connectivity index (χ0) is 12.6. The van der Waals surface area contributed by atoms with Gasteiger partial charge in [-0.1, -0.05) is 32.6 Å². The zero-order valence-corrected chi connectivity index (χ0v) is 12.3. The Bertz CT molecular complexity index is 164. The van der Waals surface area contributed by atoms with Gasteiger partial charge in [0.15, 0.2) is 0 Å². The number of rotatable bonds is 9. The summed E-state index contributed by atoms with van der Waals surface area (Å²) in [5, 5.41) is 3.64. The summed E-state index contributed by atoms with van der Waals surface area (Å²) in [6.07, 6.45) is 6.78. The molecule has 2 heteroatoms. The van der Waals surface area contributed by atoms with E-state index >= 15 is 0 Å². The SMILES string of the molecule is CCCCCCC(C)NCC(C)(C)N(C)C. The summed E-state index contributed by atoms with van der Waals surface area (Å²) in [5.74, 6) is 0. The maximum absolute atomic E-state index is 3.64. The summed E-state index contributed by atoms with van der Waals surface area (Å²) in [6.45, 7) is 10.2. The molecule has 1 atom stereocenters. The molecule has 16 heavy (non-hydrogen) atoms. The summed E-state index contributed by atoms with van der Waals surface area (Å²) in [7, 11) is 4.29. The van der Waals surface area contributed by atoms with Gasteiger partial charge < -0.3 is 10.2 Å². The second kappa shape index (κ2) is 8.08. The highest BCUT2D eigenvalue weighted by Crippen LogP contribution is 2.10. The van der Waals surface area contributed by atoms with Gasteiger partial charge in [-0.25, -0.2) is 0 Å². The van der Waals surface area contributed by atoms with E-state index in [0.717, 1.165) is 6.54 Å². The predicted molar refractivity (Wildman–Crippen MR) is 74.0 cm³/mol. The Morgan fingerprint density at radius 2 is 1.75 bits per heavy atom. The first kappa shape index (κ1) is 15.9. The van der Waals surface area contributed by atoms with Crippen molar-refractivity contribution in [2.45, 2.75) is 71.4 Å². The highest BCUT2D eigenvalue weighted by molar-refractivity contribution is 4.80. The van der Waals surface area contributed by atoms with E-state index in [1.54, 1.807) is 0 Å². The second-order valence-electron chi connectivity index (χ2n) is 5.84. The van der Waals surface area contributed by atoms with E-state index in [1.165, 1.54) is 32.1 Å².